The maximum atomic E-state index is 11.8. The normalized spacial score (nSPS) is 11.5. The Kier molecular flexibility index (Phi) is 3.56. The molecule has 112 valence electrons. The molecule has 0 unspecified atom stereocenters. The lowest BCUT2D eigenvalue weighted by Gasteiger charge is -2.08. The van der Waals surface area contributed by atoms with E-state index in [0.717, 1.165) is 16.7 Å². The van der Waals surface area contributed by atoms with E-state index in [9.17, 15) is 8.42 Å². The van der Waals surface area contributed by atoms with Crippen LogP contribution in [0.15, 0.2) is 59.6 Å². The van der Waals surface area contributed by atoms with Crippen LogP contribution in [0.1, 0.15) is 5.56 Å². The largest absolute Gasteiger partial charge is 0.284 e. The molecule has 1 heterocycles. The second-order valence-electron chi connectivity index (χ2n) is 5.05. The lowest BCUT2D eigenvalue weighted by molar-refractivity contribution is 0.598. The number of sulfonamides is 1. The number of hydrogen-bond donors (Lipinski definition) is 2. The van der Waals surface area contributed by atoms with Crippen LogP contribution in [0.25, 0.3) is 22.4 Å². The molecule has 1 aromatic heterocycles. The second kappa shape index (κ2) is 5.40. The molecule has 0 aliphatic carbocycles. The number of aromatic amines is 1. The van der Waals surface area contributed by atoms with Crippen molar-refractivity contribution >= 4 is 10.0 Å². The molecular weight excluding hydrogens is 298 g/mol. The lowest BCUT2D eigenvalue weighted by atomic mass is 10.0. The Morgan fingerprint density at radius 1 is 1.00 bits per heavy atom. The monoisotopic (exact) mass is 313 g/mol. The summed E-state index contributed by atoms with van der Waals surface area (Å²) in [5.41, 5.74) is 3.99. The van der Waals surface area contributed by atoms with Gasteiger partial charge in [-0.3, -0.25) is 5.10 Å². The Morgan fingerprint density at radius 3 is 2.36 bits per heavy atom. The van der Waals surface area contributed by atoms with Crippen LogP contribution < -0.4 is 5.14 Å². The van der Waals surface area contributed by atoms with Crippen molar-refractivity contribution in [1.82, 2.24) is 10.2 Å². The fourth-order valence-electron chi connectivity index (χ4n) is 2.36. The molecule has 2 aromatic carbocycles. The van der Waals surface area contributed by atoms with Crippen LogP contribution in [-0.2, 0) is 10.0 Å². The first kappa shape index (κ1) is 14.5. The van der Waals surface area contributed by atoms with E-state index in [1.54, 1.807) is 24.4 Å². The third-order valence-electron chi connectivity index (χ3n) is 3.45. The highest BCUT2D eigenvalue weighted by molar-refractivity contribution is 7.89. The quantitative estimate of drug-likeness (QED) is 0.779. The number of hydrogen-bond acceptors (Lipinski definition) is 3. The van der Waals surface area contributed by atoms with Crippen LogP contribution in [0.4, 0.5) is 0 Å². The van der Waals surface area contributed by atoms with Crippen molar-refractivity contribution in [2.45, 2.75) is 11.8 Å². The summed E-state index contributed by atoms with van der Waals surface area (Å²) in [6.07, 6.45) is 1.75. The highest BCUT2D eigenvalue weighted by Gasteiger charge is 2.19. The fourth-order valence-corrected chi connectivity index (χ4v) is 3.10. The second-order valence-corrected chi connectivity index (χ2v) is 6.58. The number of rotatable bonds is 3. The van der Waals surface area contributed by atoms with Crippen molar-refractivity contribution in [2.24, 2.45) is 5.14 Å². The first-order valence-corrected chi connectivity index (χ1v) is 8.24. The molecule has 0 bridgehead atoms. The van der Waals surface area contributed by atoms with E-state index >= 15 is 0 Å². The van der Waals surface area contributed by atoms with Gasteiger partial charge >= 0.3 is 0 Å². The maximum absolute atomic E-state index is 11.8. The number of aromatic nitrogens is 2. The number of nitrogens with zero attached hydrogens (tertiary/aromatic N) is 1. The highest BCUT2D eigenvalue weighted by Crippen LogP contribution is 2.33. The molecular formula is C16H15N3O2S. The molecule has 5 nitrogen and oxygen atoms in total. The Labute approximate surface area is 128 Å². The Bertz CT molecular complexity index is 913. The van der Waals surface area contributed by atoms with Gasteiger partial charge in [-0.15, -0.1) is 0 Å². The zero-order valence-electron chi connectivity index (χ0n) is 11.9. The molecule has 3 aromatic rings. The van der Waals surface area contributed by atoms with E-state index in [0.29, 0.717) is 11.3 Å². The molecule has 0 saturated heterocycles. The van der Waals surface area contributed by atoms with Gasteiger partial charge in [-0.2, -0.15) is 5.10 Å². The molecule has 0 radical (unpaired) electrons. The third kappa shape index (κ3) is 2.66. The number of nitrogens with one attached hydrogen (secondary N) is 1. The van der Waals surface area contributed by atoms with Gasteiger partial charge < -0.3 is 0 Å². The number of nitrogens with two attached hydrogens (primary N) is 1. The molecule has 0 amide bonds. The number of H-pyrrole nitrogens is 1. The van der Waals surface area contributed by atoms with Crippen LogP contribution in [0.5, 0.6) is 0 Å². The zero-order chi connectivity index (χ0) is 15.7. The summed E-state index contributed by atoms with van der Waals surface area (Å²) in [6.45, 7) is 2.01. The fraction of sp³-hybridized carbons (Fsp3) is 0.0625. The molecule has 22 heavy (non-hydrogen) atoms. The van der Waals surface area contributed by atoms with E-state index in [1.165, 1.54) is 6.07 Å². The van der Waals surface area contributed by atoms with Crippen molar-refractivity contribution in [3.8, 4) is 22.4 Å². The first-order valence-electron chi connectivity index (χ1n) is 6.70. The van der Waals surface area contributed by atoms with Gasteiger partial charge in [0, 0.05) is 17.3 Å². The van der Waals surface area contributed by atoms with E-state index in [-0.39, 0.29) is 4.90 Å². The summed E-state index contributed by atoms with van der Waals surface area (Å²) in [5, 5.41) is 12.3. The minimum Gasteiger partial charge on any atom is -0.284 e. The average molecular weight is 313 g/mol. The topological polar surface area (TPSA) is 88.8 Å². The van der Waals surface area contributed by atoms with Gasteiger partial charge in [0.15, 0.2) is 0 Å². The van der Waals surface area contributed by atoms with E-state index in [4.69, 9.17) is 5.14 Å². The molecule has 0 atom stereocenters. The molecule has 0 aliphatic heterocycles. The smallest absolute Gasteiger partial charge is 0.238 e. The van der Waals surface area contributed by atoms with Crippen LogP contribution in [-0.4, -0.2) is 18.6 Å². The zero-order valence-corrected chi connectivity index (χ0v) is 12.8. The summed E-state index contributed by atoms with van der Waals surface area (Å²) < 4.78 is 23.6. The maximum Gasteiger partial charge on any atom is 0.238 e. The molecule has 0 spiro atoms. The third-order valence-corrected chi connectivity index (χ3v) is 4.42. The van der Waals surface area contributed by atoms with E-state index < -0.39 is 10.0 Å². The van der Waals surface area contributed by atoms with Crippen LogP contribution >= 0.6 is 0 Å². The predicted molar refractivity (Wildman–Crippen MR) is 85.6 cm³/mol. The van der Waals surface area contributed by atoms with Crippen molar-refractivity contribution in [1.29, 1.82) is 0 Å². The predicted octanol–water partition coefficient (Wildman–Crippen LogP) is 2.70. The van der Waals surface area contributed by atoms with Crippen molar-refractivity contribution < 1.29 is 8.42 Å². The molecule has 3 rings (SSSR count). The Morgan fingerprint density at radius 2 is 1.68 bits per heavy atom. The summed E-state index contributed by atoms with van der Waals surface area (Å²) >= 11 is 0. The summed E-state index contributed by atoms with van der Waals surface area (Å²) in [4.78, 5) is 0.0652. The molecule has 0 aliphatic rings. The number of benzene rings is 2. The SMILES string of the molecule is Cc1ccc(-c2c[nH]nc2-c2ccccc2S(N)(=O)=O)cc1. The van der Waals surface area contributed by atoms with Crippen LogP contribution in [0.2, 0.25) is 0 Å². The molecule has 0 fully saturated rings. The van der Waals surface area contributed by atoms with Crippen molar-refractivity contribution in [2.75, 3.05) is 0 Å². The molecule has 3 N–H and O–H groups in total. The summed E-state index contributed by atoms with van der Waals surface area (Å²) in [5.74, 6) is 0. The van der Waals surface area contributed by atoms with Crippen molar-refractivity contribution in [3.63, 3.8) is 0 Å². The first-order chi connectivity index (χ1) is 10.5. The van der Waals surface area contributed by atoms with Crippen LogP contribution in [0, 0.1) is 6.92 Å². The molecule has 0 saturated carbocycles. The standard InChI is InChI=1S/C16H15N3O2S/c1-11-6-8-12(9-7-11)14-10-18-19-16(14)13-4-2-3-5-15(13)22(17,20)21/h2-10H,1H3,(H,18,19)(H2,17,20,21). The number of primary sulfonamides is 1. The van der Waals surface area contributed by atoms with Gasteiger partial charge in [0.2, 0.25) is 10.0 Å². The van der Waals surface area contributed by atoms with Gasteiger partial charge in [0.1, 0.15) is 5.69 Å². The minimum atomic E-state index is -3.82. The van der Waals surface area contributed by atoms with Gasteiger partial charge in [-0.1, -0.05) is 48.0 Å². The lowest BCUT2D eigenvalue weighted by Crippen LogP contribution is -2.13. The van der Waals surface area contributed by atoms with Gasteiger partial charge in [-0.25, -0.2) is 13.6 Å². The van der Waals surface area contributed by atoms with Gasteiger partial charge in [-0.05, 0) is 18.6 Å². The van der Waals surface area contributed by atoms with E-state index in [1.807, 2.05) is 31.2 Å². The highest BCUT2D eigenvalue weighted by atomic mass is 32.2. The summed E-state index contributed by atoms with van der Waals surface area (Å²) in [6, 6.07) is 14.5. The Hall–Kier alpha value is -2.44. The number of aryl methyl sites for hydroxylation is 1. The van der Waals surface area contributed by atoms with Gasteiger partial charge in [0.05, 0.1) is 4.90 Å². The molecule has 6 heteroatoms. The minimum absolute atomic E-state index is 0.0652. The Balaban J connectivity index is 2.20. The van der Waals surface area contributed by atoms with Gasteiger partial charge in [0.25, 0.3) is 0 Å². The van der Waals surface area contributed by atoms with Crippen LogP contribution in [0.3, 0.4) is 0 Å². The van der Waals surface area contributed by atoms with E-state index in [2.05, 4.69) is 10.2 Å². The average Bonchev–Trinajstić information content (AvgIpc) is 2.96. The van der Waals surface area contributed by atoms with Crippen molar-refractivity contribution in [3.05, 3.63) is 60.3 Å². The summed E-state index contributed by atoms with van der Waals surface area (Å²) in [7, 11) is -3.82.